The summed E-state index contributed by atoms with van der Waals surface area (Å²) in [6, 6.07) is 13.2. The minimum atomic E-state index is -4.22. The Hall–Kier alpha value is -3.23. The molecule has 37 heavy (non-hydrogen) atoms. The lowest BCUT2D eigenvalue weighted by Gasteiger charge is -2.28. The molecule has 0 aliphatic rings. The van der Waals surface area contributed by atoms with E-state index in [1.165, 1.54) is 36.4 Å². The molecule has 1 unspecified atom stereocenters. The van der Waals surface area contributed by atoms with Crippen molar-refractivity contribution in [3.63, 3.8) is 0 Å². The zero-order valence-electron chi connectivity index (χ0n) is 22.1. The van der Waals surface area contributed by atoms with Gasteiger partial charge in [0.25, 0.3) is 10.1 Å². The van der Waals surface area contributed by atoms with Gasteiger partial charge in [-0.15, -0.1) is 0 Å². The third-order valence-corrected chi connectivity index (χ3v) is 7.75. The maximum absolute atomic E-state index is 13.5. The zero-order valence-corrected chi connectivity index (χ0v) is 22.9. The molecular weight excluding hydrogens is 492 g/mol. The maximum atomic E-state index is 13.5. The van der Waals surface area contributed by atoms with E-state index in [4.69, 9.17) is 4.18 Å². The Morgan fingerprint density at radius 1 is 0.703 bits per heavy atom. The number of hydrogen-bond acceptors (Lipinski definition) is 7. The number of phenolic OH excluding ortho intramolecular Hbond substituents is 4. The van der Waals surface area contributed by atoms with E-state index in [9.17, 15) is 28.8 Å². The van der Waals surface area contributed by atoms with Crippen LogP contribution < -0.4 is 0 Å². The summed E-state index contributed by atoms with van der Waals surface area (Å²) >= 11 is 0. The zero-order chi connectivity index (χ0) is 27.8. The SMILES string of the molecule is CC(C)(C)c1cc(COS(=O)(=O)C(Cc2cc(O)cc(O)c2)c2ccc(O)cc2)cc(C(C)(C)C)c1O. The molecule has 0 spiro atoms. The highest BCUT2D eigenvalue weighted by Crippen LogP contribution is 2.40. The highest BCUT2D eigenvalue weighted by molar-refractivity contribution is 7.87. The molecule has 0 aliphatic carbocycles. The lowest BCUT2D eigenvalue weighted by Crippen LogP contribution is -2.20. The summed E-state index contributed by atoms with van der Waals surface area (Å²) in [7, 11) is -4.22. The topological polar surface area (TPSA) is 124 Å². The number of rotatable bonds is 7. The van der Waals surface area contributed by atoms with Gasteiger partial charge in [-0.25, -0.2) is 0 Å². The van der Waals surface area contributed by atoms with Crippen LogP contribution in [0.4, 0.5) is 0 Å². The highest BCUT2D eigenvalue weighted by Gasteiger charge is 2.31. The number of hydrogen-bond donors (Lipinski definition) is 4. The molecule has 3 aromatic rings. The minimum absolute atomic E-state index is 0.00988. The van der Waals surface area contributed by atoms with Crippen molar-refractivity contribution in [3.8, 4) is 23.0 Å². The fourth-order valence-electron chi connectivity index (χ4n) is 4.22. The number of aromatic hydroxyl groups is 4. The molecule has 0 bridgehead atoms. The summed E-state index contributed by atoms with van der Waals surface area (Å²) in [5.74, 6) is -0.195. The second-order valence-electron chi connectivity index (χ2n) is 11.4. The van der Waals surface area contributed by atoms with E-state index in [1.807, 2.05) is 41.5 Å². The lowest BCUT2D eigenvalue weighted by atomic mass is 9.78. The van der Waals surface area contributed by atoms with E-state index in [2.05, 4.69) is 0 Å². The average Bonchev–Trinajstić information content (AvgIpc) is 2.75. The van der Waals surface area contributed by atoms with Gasteiger partial charge in [-0.3, -0.25) is 4.18 Å². The molecular formula is C29H36O7S. The Morgan fingerprint density at radius 3 is 1.65 bits per heavy atom. The third-order valence-electron chi connectivity index (χ3n) is 6.17. The van der Waals surface area contributed by atoms with E-state index >= 15 is 0 Å². The van der Waals surface area contributed by atoms with Gasteiger partial charge < -0.3 is 20.4 Å². The van der Waals surface area contributed by atoms with E-state index in [0.29, 0.717) is 27.8 Å². The van der Waals surface area contributed by atoms with Crippen molar-refractivity contribution in [2.45, 2.75) is 70.7 Å². The molecule has 3 aromatic carbocycles. The molecule has 1 atom stereocenters. The van der Waals surface area contributed by atoms with Crippen LogP contribution in [0.15, 0.2) is 54.6 Å². The molecule has 0 fully saturated rings. The van der Waals surface area contributed by atoms with Crippen LogP contribution in [0, 0.1) is 0 Å². The normalized spacial score (nSPS) is 13.5. The summed E-state index contributed by atoms with van der Waals surface area (Å²) in [6.07, 6.45) is -0.0782. The molecule has 0 amide bonds. The minimum Gasteiger partial charge on any atom is -0.508 e. The van der Waals surface area contributed by atoms with Gasteiger partial charge in [0, 0.05) is 6.07 Å². The van der Waals surface area contributed by atoms with Crippen molar-refractivity contribution < 1.29 is 33.0 Å². The van der Waals surface area contributed by atoms with Crippen LogP contribution in [0.2, 0.25) is 0 Å². The van der Waals surface area contributed by atoms with Crippen LogP contribution >= 0.6 is 0 Å². The van der Waals surface area contributed by atoms with Crippen molar-refractivity contribution in [2.24, 2.45) is 0 Å². The van der Waals surface area contributed by atoms with Gasteiger partial charge in [0.1, 0.15) is 28.2 Å². The van der Waals surface area contributed by atoms with Crippen molar-refractivity contribution in [2.75, 3.05) is 0 Å². The van der Waals surface area contributed by atoms with Gasteiger partial charge in [-0.1, -0.05) is 53.7 Å². The Balaban J connectivity index is 2.00. The lowest BCUT2D eigenvalue weighted by molar-refractivity contribution is 0.300. The Bertz CT molecular complexity index is 1310. The smallest absolute Gasteiger partial charge is 0.275 e. The van der Waals surface area contributed by atoms with Crippen molar-refractivity contribution in [1.82, 2.24) is 0 Å². The average molecular weight is 529 g/mol. The number of benzene rings is 3. The second kappa shape index (κ2) is 10.3. The van der Waals surface area contributed by atoms with Gasteiger partial charge in [0.05, 0.1) is 6.61 Å². The fourth-order valence-corrected chi connectivity index (χ4v) is 5.57. The monoisotopic (exact) mass is 528 g/mol. The first kappa shape index (κ1) is 28.3. The molecule has 0 saturated heterocycles. The van der Waals surface area contributed by atoms with Crippen LogP contribution in [-0.2, 0) is 38.2 Å². The van der Waals surface area contributed by atoms with E-state index in [-0.39, 0.29) is 46.9 Å². The standard InChI is InChI=1S/C29H36O7S/c1-28(2,3)24-13-19(14-25(27(24)33)29(4,5)6)17-36-37(34,35)26(20-7-9-21(30)10-8-20)15-18-11-22(31)16-23(32)12-18/h7-14,16,26,30-33H,15,17H2,1-6H3. The first-order valence-electron chi connectivity index (χ1n) is 12.0. The molecule has 3 rings (SSSR count). The summed E-state index contributed by atoms with van der Waals surface area (Å²) in [4.78, 5) is 0. The molecule has 0 aliphatic heterocycles. The van der Waals surface area contributed by atoms with Crippen molar-refractivity contribution >= 4 is 10.1 Å². The van der Waals surface area contributed by atoms with Gasteiger partial charge in [-0.05, 0) is 81.5 Å². The highest BCUT2D eigenvalue weighted by atomic mass is 32.2. The van der Waals surface area contributed by atoms with Crippen LogP contribution in [0.3, 0.4) is 0 Å². The van der Waals surface area contributed by atoms with Gasteiger partial charge in [0.2, 0.25) is 0 Å². The summed E-state index contributed by atoms with van der Waals surface area (Å²) in [6.45, 7) is 11.6. The predicted molar refractivity (Wildman–Crippen MR) is 144 cm³/mol. The van der Waals surface area contributed by atoms with Crippen molar-refractivity contribution in [3.05, 3.63) is 82.4 Å². The van der Waals surface area contributed by atoms with Crippen molar-refractivity contribution in [1.29, 1.82) is 0 Å². The number of phenols is 4. The molecule has 200 valence electrons. The fraction of sp³-hybridized carbons (Fsp3) is 0.379. The molecule has 0 radical (unpaired) electrons. The Morgan fingerprint density at radius 2 is 1.19 bits per heavy atom. The quantitative estimate of drug-likeness (QED) is 0.280. The largest absolute Gasteiger partial charge is 0.508 e. The predicted octanol–water partition coefficient (Wildman–Crippen LogP) is 5.93. The molecule has 0 heterocycles. The second-order valence-corrected chi connectivity index (χ2v) is 13.2. The molecule has 8 heteroatoms. The summed E-state index contributed by atoms with van der Waals surface area (Å²) < 4.78 is 32.6. The van der Waals surface area contributed by atoms with Gasteiger partial charge in [-0.2, -0.15) is 8.42 Å². The summed E-state index contributed by atoms with van der Waals surface area (Å²) in [5.41, 5.74) is 2.02. The van der Waals surface area contributed by atoms with E-state index in [1.54, 1.807) is 12.1 Å². The van der Waals surface area contributed by atoms with Gasteiger partial charge >= 0.3 is 0 Å². The molecule has 0 saturated carbocycles. The first-order valence-corrected chi connectivity index (χ1v) is 13.5. The Labute approximate surface area is 219 Å². The molecule has 0 aromatic heterocycles. The third kappa shape index (κ3) is 6.96. The first-order chi connectivity index (χ1) is 17.0. The maximum Gasteiger partial charge on any atom is 0.275 e. The molecule has 7 nitrogen and oxygen atoms in total. The summed E-state index contributed by atoms with van der Waals surface area (Å²) in [5, 5.41) is 39.2. The van der Waals surface area contributed by atoms with Crippen LogP contribution in [0.1, 0.15) is 74.6 Å². The van der Waals surface area contributed by atoms with E-state index < -0.39 is 15.4 Å². The van der Waals surface area contributed by atoms with Crippen LogP contribution in [0.5, 0.6) is 23.0 Å². The van der Waals surface area contributed by atoms with Crippen LogP contribution in [-0.4, -0.2) is 28.8 Å². The van der Waals surface area contributed by atoms with Crippen LogP contribution in [0.25, 0.3) is 0 Å². The van der Waals surface area contributed by atoms with Gasteiger partial charge in [0.15, 0.2) is 0 Å². The molecule has 4 N–H and O–H groups in total. The van der Waals surface area contributed by atoms with E-state index in [0.717, 1.165) is 6.07 Å². The Kier molecular flexibility index (Phi) is 7.86.